The van der Waals surface area contributed by atoms with Crippen molar-refractivity contribution >= 4 is 11.5 Å². The van der Waals surface area contributed by atoms with Gasteiger partial charge in [-0.05, 0) is 24.3 Å². The zero-order valence-electron chi connectivity index (χ0n) is 11.1. The Morgan fingerprint density at radius 3 is 2.59 bits per heavy atom. The van der Waals surface area contributed by atoms with E-state index in [1.165, 1.54) is 35.2 Å². The second-order valence-corrected chi connectivity index (χ2v) is 4.38. The number of hydrogen-bond donors (Lipinski definition) is 1. The number of nitro groups is 1. The molecule has 0 amide bonds. The van der Waals surface area contributed by atoms with Crippen LogP contribution in [-0.2, 0) is 0 Å². The van der Waals surface area contributed by atoms with Gasteiger partial charge >= 0.3 is 0 Å². The Kier molecular flexibility index (Phi) is 3.08. The Labute approximate surface area is 124 Å². The average Bonchev–Trinajstić information content (AvgIpc) is 3.14. The van der Waals surface area contributed by atoms with E-state index in [-0.39, 0.29) is 17.1 Å². The highest BCUT2D eigenvalue weighted by atomic mass is 16.6. The van der Waals surface area contributed by atoms with Crippen molar-refractivity contribution in [2.75, 3.05) is 5.73 Å². The first-order valence-corrected chi connectivity index (χ1v) is 6.19. The maximum atomic E-state index is 10.7. The molecular formula is C14H9N5O3. The van der Waals surface area contributed by atoms with E-state index < -0.39 is 4.92 Å². The maximum absolute atomic E-state index is 10.7. The van der Waals surface area contributed by atoms with Gasteiger partial charge in [-0.2, -0.15) is 10.4 Å². The van der Waals surface area contributed by atoms with Gasteiger partial charge in [0.05, 0.1) is 16.9 Å². The highest BCUT2D eigenvalue weighted by Crippen LogP contribution is 2.29. The predicted molar refractivity (Wildman–Crippen MR) is 77.0 cm³/mol. The molecule has 0 spiro atoms. The lowest BCUT2D eigenvalue weighted by atomic mass is 10.2. The van der Waals surface area contributed by atoms with Gasteiger partial charge in [0.15, 0.2) is 5.76 Å². The van der Waals surface area contributed by atoms with Gasteiger partial charge in [-0.3, -0.25) is 10.1 Å². The van der Waals surface area contributed by atoms with E-state index in [1.807, 2.05) is 6.07 Å². The van der Waals surface area contributed by atoms with Gasteiger partial charge in [-0.15, -0.1) is 0 Å². The van der Waals surface area contributed by atoms with E-state index in [0.29, 0.717) is 17.1 Å². The zero-order chi connectivity index (χ0) is 15.7. The second-order valence-electron chi connectivity index (χ2n) is 4.38. The summed E-state index contributed by atoms with van der Waals surface area (Å²) in [4.78, 5) is 10.2. The Balaban J connectivity index is 2.12. The lowest BCUT2D eigenvalue weighted by Crippen LogP contribution is -2.02. The van der Waals surface area contributed by atoms with Crippen LogP contribution in [0.2, 0.25) is 0 Å². The van der Waals surface area contributed by atoms with Crippen LogP contribution in [0.1, 0.15) is 5.56 Å². The summed E-state index contributed by atoms with van der Waals surface area (Å²) in [6.07, 6.45) is 1.47. The van der Waals surface area contributed by atoms with E-state index >= 15 is 0 Å². The van der Waals surface area contributed by atoms with Gasteiger partial charge in [-0.25, -0.2) is 4.68 Å². The van der Waals surface area contributed by atoms with Crippen molar-refractivity contribution in [3.63, 3.8) is 0 Å². The first kappa shape index (κ1) is 13.4. The fourth-order valence-corrected chi connectivity index (χ4v) is 2.04. The summed E-state index contributed by atoms with van der Waals surface area (Å²) in [6.45, 7) is 0. The molecule has 0 bridgehead atoms. The van der Waals surface area contributed by atoms with E-state index in [2.05, 4.69) is 5.10 Å². The molecule has 0 saturated heterocycles. The van der Waals surface area contributed by atoms with Crippen LogP contribution in [0, 0.1) is 21.4 Å². The van der Waals surface area contributed by atoms with Crippen LogP contribution in [0.4, 0.5) is 11.5 Å². The number of nitriles is 1. The molecule has 1 aromatic carbocycles. The molecule has 0 aliphatic carbocycles. The molecule has 108 valence electrons. The molecular weight excluding hydrogens is 286 g/mol. The van der Waals surface area contributed by atoms with Crippen molar-refractivity contribution in [2.24, 2.45) is 0 Å². The number of nitrogen functional groups attached to an aromatic ring is 1. The van der Waals surface area contributed by atoms with Crippen LogP contribution < -0.4 is 5.73 Å². The monoisotopic (exact) mass is 295 g/mol. The van der Waals surface area contributed by atoms with E-state index in [0.717, 1.165) is 0 Å². The highest BCUT2D eigenvalue weighted by molar-refractivity contribution is 5.70. The summed E-state index contributed by atoms with van der Waals surface area (Å²) in [5, 5.41) is 24.2. The van der Waals surface area contributed by atoms with Crippen LogP contribution in [0.15, 0.2) is 47.1 Å². The standard InChI is InChI=1S/C14H9N5O3/c15-8-11-13(12-2-1-7-22-12)17-18(14(11)16)9-3-5-10(6-4-9)19(20)21/h1-7H,16H2. The summed E-state index contributed by atoms with van der Waals surface area (Å²) in [7, 11) is 0. The van der Waals surface area contributed by atoms with Gasteiger partial charge in [-0.1, -0.05) is 0 Å². The highest BCUT2D eigenvalue weighted by Gasteiger charge is 2.20. The van der Waals surface area contributed by atoms with E-state index in [1.54, 1.807) is 12.1 Å². The van der Waals surface area contributed by atoms with Crippen LogP contribution in [0.5, 0.6) is 0 Å². The van der Waals surface area contributed by atoms with Crippen molar-refractivity contribution in [1.82, 2.24) is 9.78 Å². The number of furan rings is 1. The summed E-state index contributed by atoms with van der Waals surface area (Å²) < 4.78 is 6.59. The largest absolute Gasteiger partial charge is 0.463 e. The van der Waals surface area contributed by atoms with E-state index in [9.17, 15) is 15.4 Å². The van der Waals surface area contributed by atoms with Gasteiger partial charge in [0.1, 0.15) is 23.1 Å². The molecule has 0 saturated carbocycles. The number of anilines is 1. The summed E-state index contributed by atoms with van der Waals surface area (Å²) >= 11 is 0. The number of nitro benzene ring substituents is 1. The fraction of sp³-hybridized carbons (Fsp3) is 0. The van der Waals surface area contributed by atoms with Crippen molar-refractivity contribution in [2.45, 2.75) is 0 Å². The van der Waals surface area contributed by atoms with Crippen LogP contribution in [0.3, 0.4) is 0 Å². The molecule has 8 heteroatoms. The lowest BCUT2D eigenvalue weighted by molar-refractivity contribution is -0.384. The molecule has 0 radical (unpaired) electrons. The van der Waals surface area contributed by atoms with Crippen molar-refractivity contribution in [3.8, 4) is 23.2 Å². The van der Waals surface area contributed by atoms with Gasteiger partial charge < -0.3 is 10.2 Å². The van der Waals surface area contributed by atoms with Crippen LogP contribution >= 0.6 is 0 Å². The van der Waals surface area contributed by atoms with Crippen molar-refractivity contribution in [1.29, 1.82) is 5.26 Å². The van der Waals surface area contributed by atoms with Crippen molar-refractivity contribution in [3.05, 3.63) is 58.3 Å². The first-order chi connectivity index (χ1) is 10.6. The SMILES string of the molecule is N#Cc1c(-c2ccco2)nn(-c2ccc([N+](=O)[O-])cc2)c1N. The summed E-state index contributed by atoms with van der Waals surface area (Å²) in [5.41, 5.74) is 6.93. The molecule has 3 aromatic rings. The first-order valence-electron chi connectivity index (χ1n) is 6.19. The summed E-state index contributed by atoms with van der Waals surface area (Å²) in [5.74, 6) is 0.562. The molecule has 0 fully saturated rings. The zero-order valence-corrected chi connectivity index (χ0v) is 11.1. The smallest absolute Gasteiger partial charge is 0.269 e. The molecule has 2 heterocycles. The van der Waals surface area contributed by atoms with Gasteiger partial charge in [0.25, 0.3) is 5.69 Å². The molecule has 0 aliphatic rings. The van der Waals surface area contributed by atoms with Gasteiger partial charge in [0, 0.05) is 12.1 Å². The molecule has 2 aromatic heterocycles. The number of rotatable bonds is 3. The minimum Gasteiger partial charge on any atom is -0.463 e. The Morgan fingerprint density at radius 1 is 1.32 bits per heavy atom. The molecule has 0 unspecified atom stereocenters. The number of nitrogens with two attached hydrogens (primary N) is 1. The third-order valence-electron chi connectivity index (χ3n) is 3.09. The molecule has 3 rings (SSSR count). The normalized spacial score (nSPS) is 10.3. The van der Waals surface area contributed by atoms with Crippen molar-refractivity contribution < 1.29 is 9.34 Å². The molecule has 0 aliphatic heterocycles. The van der Waals surface area contributed by atoms with Crippen LogP contribution in [0.25, 0.3) is 17.1 Å². The van der Waals surface area contributed by atoms with Crippen LogP contribution in [-0.4, -0.2) is 14.7 Å². The molecule has 22 heavy (non-hydrogen) atoms. The number of benzene rings is 1. The lowest BCUT2D eigenvalue weighted by Gasteiger charge is -2.03. The molecule has 0 atom stereocenters. The molecule has 8 nitrogen and oxygen atoms in total. The maximum Gasteiger partial charge on any atom is 0.269 e. The number of non-ortho nitro benzene ring substituents is 1. The average molecular weight is 295 g/mol. The Hall–Kier alpha value is -3.60. The number of hydrogen-bond acceptors (Lipinski definition) is 6. The topological polar surface area (TPSA) is 124 Å². The van der Waals surface area contributed by atoms with Gasteiger partial charge in [0.2, 0.25) is 0 Å². The molecule has 2 N–H and O–H groups in total. The minimum atomic E-state index is -0.495. The summed E-state index contributed by atoms with van der Waals surface area (Å²) in [6, 6.07) is 11.0. The third-order valence-corrected chi connectivity index (χ3v) is 3.09. The second kappa shape index (κ2) is 5.06. The predicted octanol–water partition coefficient (Wildman–Crippen LogP) is 2.49. The third kappa shape index (κ3) is 2.06. The number of aromatic nitrogens is 2. The quantitative estimate of drug-likeness (QED) is 0.584. The van der Waals surface area contributed by atoms with E-state index in [4.69, 9.17) is 10.2 Å². The Morgan fingerprint density at radius 2 is 2.05 bits per heavy atom. The number of nitrogens with zero attached hydrogens (tertiary/aromatic N) is 4. The Bertz CT molecular complexity index is 873. The minimum absolute atomic E-state index is 0.0405. The fourth-order valence-electron chi connectivity index (χ4n) is 2.04.